The van der Waals surface area contributed by atoms with E-state index < -0.39 is 12.7 Å². The van der Waals surface area contributed by atoms with Gasteiger partial charge in [0.2, 0.25) is 17.8 Å². The molecule has 40 heavy (non-hydrogen) atoms. The molecule has 0 spiro atoms. The quantitative estimate of drug-likeness (QED) is 0.211. The maximum Gasteiger partial charge on any atom is 0.246 e. The highest BCUT2D eigenvalue weighted by Crippen LogP contribution is 2.27. The average Bonchev–Trinajstić information content (AvgIpc) is 2.89. The summed E-state index contributed by atoms with van der Waals surface area (Å²) in [6, 6.07) is 5.34. The lowest BCUT2D eigenvalue weighted by molar-refractivity contribution is -0.135. The van der Waals surface area contributed by atoms with Crippen LogP contribution in [0.15, 0.2) is 42.6 Å². The summed E-state index contributed by atoms with van der Waals surface area (Å²) in [6.45, 7) is 2.26. The lowest BCUT2D eigenvalue weighted by atomic mass is 9.80. The van der Waals surface area contributed by atoms with Crippen LogP contribution in [0.3, 0.4) is 0 Å². The van der Waals surface area contributed by atoms with Crippen molar-refractivity contribution in [3.05, 3.63) is 54.0 Å². The van der Waals surface area contributed by atoms with E-state index >= 15 is 0 Å². The number of carbonyl (C=O) groups excluding carboxylic acids is 2. The molecule has 1 saturated carbocycles. The van der Waals surface area contributed by atoms with E-state index in [-0.39, 0.29) is 35.5 Å². The number of amides is 2. The molecule has 3 rings (SSSR count). The van der Waals surface area contributed by atoms with E-state index in [1.165, 1.54) is 23.1 Å². The molecular weight excluding hydrogens is 516 g/mol. The Morgan fingerprint density at radius 1 is 1.25 bits per heavy atom. The minimum Gasteiger partial charge on any atom is -0.369 e. The van der Waals surface area contributed by atoms with Gasteiger partial charge in [-0.2, -0.15) is 4.98 Å². The maximum atomic E-state index is 13.5. The van der Waals surface area contributed by atoms with Gasteiger partial charge in [-0.1, -0.05) is 24.0 Å². The number of hydrogen-bond donors (Lipinski definition) is 3. The third kappa shape index (κ3) is 9.31. The molecule has 1 aromatic heterocycles. The van der Waals surface area contributed by atoms with E-state index in [4.69, 9.17) is 0 Å². The summed E-state index contributed by atoms with van der Waals surface area (Å²) in [4.78, 5) is 37.1. The van der Waals surface area contributed by atoms with Crippen molar-refractivity contribution in [1.29, 1.82) is 0 Å². The number of anilines is 3. The molecule has 214 valence electrons. The zero-order chi connectivity index (χ0) is 29.1. The second kappa shape index (κ2) is 14.9. The number of carbonyl (C=O) groups is 2. The fourth-order valence-electron chi connectivity index (χ4n) is 3.84. The Bertz CT molecular complexity index is 1250. The van der Waals surface area contributed by atoms with Crippen LogP contribution in [0, 0.1) is 23.6 Å². The van der Waals surface area contributed by atoms with Gasteiger partial charge in [0, 0.05) is 43.9 Å². The van der Waals surface area contributed by atoms with Crippen LogP contribution in [-0.2, 0) is 9.59 Å². The van der Waals surface area contributed by atoms with Crippen LogP contribution in [0.2, 0.25) is 0 Å². The monoisotopic (exact) mass is 553 g/mol. The van der Waals surface area contributed by atoms with E-state index in [9.17, 15) is 18.4 Å². The molecule has 0 aliphatic heterocycles. The molecule has 3 N–H and O–H groups in total. The number of likely N-dealkylation sites (N-methyl/N-ethyl adjacent to an activating group) is 2. The molecule has 0 bridgehead atoms. The number of benzene rings is 1. The molecule has 2 aromatic rings. The maximum absolute atomic E-state index is 13.5. The molecule has 0 unspecified atom stereocenters. The molecule has 1 aliphatic rings. The van der Waals surface area contributed by atoms with Crippen LogP contribution in [-0.4, -0.2) is 84.6 Å². The van der Waals surface area contributed by atoms with Crippen LogP contribution in [0.1, 0.15) is 31.7 Å². The number of rotatable bonds is 12. The van der Waals surface area contributed by atoms with Gasteiger partial charge in [0.1, 0.15) is 17.7 Å². The summed E-state index contributed by atoms with van der Waals surface area (Å²) in [7, 11) is 5.43. The van der Waals surface area contributed by atoms with Gasteiger partial charge in [-0.05, 0) is 58.5 Å². The van der Waals surface area contributed by atoms with Gasteiger partial charge in [-0.15, -0.1) is 0 Å². The lowest BCUT2D eigenvalue weighted by Gasteiger charge is -2.34. The molecule has 1 heterocycles. The zero-order valence-electron chi connectivity index (χ0n) is 23.4. The minimum atomic E-state index is -0.601. The van der Waals surface area contributed by atoms with E-state index in [2.05, 4.69) is 37.8 Å². The third-order valence-corrected chi connectivity index (χ3v) is 6.41. The molecule has 0 saturated heterocycles. The first-order valence-electron chi connectivity index (χ1n) is 13.3. The number of hydrogen-bond acceptors (Lipinski definition) is 7. The molecule has 0 radical (unpaired) electrons. The predicted octanol–water partition coefficient (Wildman–Crippen LogP) is 3.34. The standard InChI is InChI=1S/C29H37F2N7O2/c1-20(38(4)26(39)10-6-15-37(2)3)28(40)34-25-16-21(17-25)11-12-22-19-33-29(36-27(22)32-14-7-13-30)35-24-9-5-8-23(31)18-24/h5-6,8-10,18-21,25H,7,13-17H2,1-4H3,(H,34,40)(H2,32,33,35,36)/b10-6+/t20-,21-,25-/m0/s1. The Hall–Kier alpha value is -4.04. The van der Waals surface area contributed by atoms with E-state index in [0.29, 0.717) is 49.4 Å². The average molecular weight is 554 g/mol. The van der Waals surface area contributed by atoms with Crippen molar-refractivity contribution in [3.8, 4) is 11.8 Å². The topological polar surface area (TPSA) is 102 Å². The Balaban J connectivity index is 1.55. The Morgan fingerprint density at radius 3 is 2.73 bits per heavy atom. The largest absolute Gasteiger partial charge is 0.369 e. The van der Waals surface area contributed by atoms with Crippen molar-refractivity contribution in [2.45, 2.75) is 38.3 Å². The van der Waals surface area contributed by atoms with Gasteiger partial charge in [0.05, 0.1) is 18.4 Å². The summed E-state index contributed by atoms with van der Waals surface area (Å²) in [5, 5.41) is 9.04. The first kappa shape index (κ1) is 30.5. The van der Waals surface area contributed by atoms with Crippen molar-refractivity contribution in [2.75, 3.05) is 51.5 Å². The van der Waals surface area contributed by atoms with Gasteiger partial charge in [-0.3, -0.25) is 14.0 Å². The fraction of sp³-hybridized carbons (Fsp3) is 0.448. The second-order valence-electron chi connectivity index (χ2n) is 9.99. The molecular formula is C29H37F2N7O2. The van der Waals surface area contributed by atoms with Crippen LogP contribution in [0.4, 0.5) is 26.2 Å². The van der Waals surface area contributed by atoms with Gasteiger partial charge in [0.15, 0.2) is 0 Å². The van der Waals surface area contributed by atoms with E-state index in [1.54, 1.807) is 38.4 Å². The number of alkyl halides is 1. The Labute approximate surface area is 234 Å². The van der Waals surface area contributed by atoms with Crippen molar-refractivity contribution in [2.24, 2.45) is 5.92 Å². The van der Waals surface area contributed by atoms with Crippen molar-refractivity contribution < 1.29 is 18.4 Å². The van der Waals surface area contributed by atoms with Crippen LogP contribution >= 0.6 is 0 Å². The summed E-state index contributed by atoms with van der Waals surface area (Å²) >= 11 is 0. The van der Waals surface area contributed by atoms with Gasteiger partial charge < -0.3 is 25.8 Å². The predicted molar refractivity (Wildman–Crippen MR) is 152 cm³/mol. The number of nitrogens with zero attached hydrogens (tertiary/aromatic N) is 4. The highest BCUT2D eigenvalue weighted by Gasteiger charge is 2.31. The summed E-state index contributed by atoms with van der Waals surface area (Å²) in [6.07, 6.45) is 6.51. The lowest BCUT2D eigenvalue weighted by Crippen LogP contribution is -2.51. The van der Waals surface area contributed by atoms with E-state index in [1.807, 2.05) is 19.0 Å². The van der Waals surface area contributed by atoms with Gasteiger partial charge in [-0.25, -0.2) is 9.37 Å². The normalized spacial score (nSPS) is 17.0. The van der Waals surface area contributed by atoms with Gasteiger partial charge in [0.25, 0.3) is 0 Å². The molecule has 1 fully saturated rings. The molecule has 1 aromatic carbocycles. The second-order valence-corrected chi connectivity index (χ2v) is 9.99. The highest BCUT2D eigenvalue weighted by molar-refractivity contribution is 5.92. The highest BCUT2D eigenvalue weighted by atomic mass is 19.1. The molecule has 11 heteroatoms. The summed E-state index contributed by atoms with van der Waals surface area (Å²) in [5.41, 5.74) is 1.06. The minimum absolute atomic E-state index is 0.0155. The zero-order valence-corrected chi connectivity index (χ0v) is 23.4. The van der Waals surface area contributed by atoms with Gasteiger partial charge >= 0.3 is 0 Å². The summed E-state index contributed by atoms with van der Waals surface area (Å²) in [5.74, 6) is 6.30. The molecule has 1 aliphatic carbocycles. The number of halogens is 2. The van der Waals surface area contributed by atoms with E-state index in [0.717, 1.165) is 0 Å². The molecule has 9 nitrogen and oxygen atoms in total. The SMILES string of the molecule is C[C@@H](C(=O)N[C@H]1C[C@H](C#Cc2cnc(Nc3cccc(F)c3)nc2NCCCF)C1)N(C)C(=O)/C=C/CN(C)C. The van der Waals surface area contributed by atoms with Crippen LogP contribution < -0.4 is 16.0 Å². The van der Waals surface area contributed by atoms with Crippen LogP contribution in [0.25, 0.3) is 0 Å². The smallest absolute Gasteiger partial charge is 0.246 e. The number of nitrogens with one attached hydrogen (secondary N) is 3. The Morgan fingerprint density at radius 2 is 2.02 bits per heavy atom. The third-order valence-electron chi connectivity index (χ3n) is 6.41. The summed E-state index contributed by atoms with van der Waals surface area (Å²) < 4.78 is 26.2. The van der Waals surface area contributed by atoms with Crippen molar-refractivity contribution in [3.63, 3.8) is 0 Å². The Kier molecular flexibility index (Phi) is 11.4. The van der Waals surface area contributed by atoms with Crippen molar-refractivity contribution >= 4 is 29.3 Å². The molecule has 2 amide bonds. The fourth-order valence-corrected chi connectivity index (χ4v) is 3.84. The number of aromatic nitrogens is 2. The first-order chi connectivity index (χ1) is 19.2. The molecule has 1 atom stereocenters. The first-order valence-corrected chi connectivity index (χ1v) is 13.3. The van der Waals surface area contributed by atoms with Crippen molar-refractivity contribution in [1.82, 2.24) is 25.1 Å². The van der Waals surface area contributed by atoms with Crippen LogP contribution in [0.5, 0.6) is 0 Å².